The summed E-state index contributed by atoms with van der Waals surface area (Å²) in [6.45, 7) is 1.05. The van der Waals surface area contributed by atoms with Crippen molar-refractivity contribution < 1.29 is 42.6 Å². The summed E-state index contributed by atoms with van der Waals surface area (Å²) in [4.78, 5) is 41.6. The van der Waals surface area contributed by atoms with Gasteiger partial charge in [-0.3, -0.25) is 4.79 Å². The number of halogens is 3. The molecule has 1 amide bonds. The number of aromatic nitrogens is 2. The Morgan fingerprint density at radius 1 is 1.11 bits per heavy atom. The van der Waals surface area contributed by atoms with E-state index in [4.69, 9.17) is 4.74 Å². The van der Waals surface area contributed by atoms with E-state index in [9.17, 15) is 38.2 Å². The predicted octanol–water partition coefficient (Wildman–Crippen LogP) is 3.43. The fourth-order valence-corrected chi connectivity index (χ4v) is 3.11. The van der Waals surface area contributed by atoms with Gasteiger partial charge >= 0.3 is 6.30 Å². The minimum atomic E-state index is -4.66. The Balaban J connectivity index is 1.95. The predicted molar refractivity (Wildman–Crippen MR) is 115 cm³/mol. The summed E-state index contributed by atoms with van der Waals surface area (Å²) in [5, 5.41) is 24.5. The van der Waals surface area contributed by atoms with Crippen molar-refractivity contribution in [3.8, 4) is 5.75 Å². The van der Waals surface area contributed by atoms with Gasteiger partial charge in [0, 0.05) is 18.0 Å². The molecule has 2 aromatic rings. The molecule has 198 valence electrons. The Kier molecular flexibility index (Phi) is 10.2. The van der Waals surface area contributed by atoms with Crippen LogP contribution in [0.15, 0.2) is 36.7 Å². The molecule has 1 aromatic carbocycles. The summed E-state index contributed by atoms with van der Waals surface area (Å²) < 4.78 is 43.8. The molecule has 13 nitrogen and oxygen atoms in total. The molecule has 0 aliphatic rings. The zero-order valence-corrected chi connectivity index (χ0v) is 19.1. The molecule has 36 heavy (non-hydrogen) atoms. The van der Waals surface area contributed by atoms with Gasteiger partial charge in [-0.1, -0.05) is 25.5 Å². The third-order valence-electron chi connectivity index (χ3n) is 4.86. The summed E-state index contributed by atoms with van der Waals surface area (Å²) >= 11 is 0. The van der Waals surface area contributed by atoms with Crippen molar-refractivity contribution in [1.29, 1.82) is 0 Å². The topological polar surface area (TPSA) is 161 Å². The molecule has 0 bridgehead atoms. The zero-order chi connectivity index (χ0) is 26.7. The van der Waals surface area contributed by atoms with Gasteiger partial charge in [-0.15, -0.1) is 33.4 Å². The molecule has 0 spiro atoms. The van der Waals surface area contributed by atoms with Crippen molar-refractivity contribution in [2.75, 3.05) is 19.8 Å². The summed E-state index contributed by atoms with van der Waals surface area (Å²) in [6.07, 6.45) is -2.21. The SMILES string of the molecule is CCCC(Oc1cnn(C(F)(F)F)c1)c1ccc(C(=O)NCCC(CO[N+](=O)[O-])CO[N+](=O)[O-])cc1. The number of nitrogens with zero attached hydrogens (tertiary/aromatic N) is 4. The number of nitrogens with one attached hydrogen (secondary N) is 1. The minimum absolute atomic E-state index is 0.0398. The van der Waals surface area contributed by atoms with Crippen LogP contribution in [0.2, 0.25) is 0 Å². The van der Waals surface area contributed by atoms with Crippen molar-refractivity contribution in [1.82, 2.24) is 15.1 Å². The second-order valence-corrected chi connectivity index (χ2v) is 7.55. The van der Waals surface area contributed by atoms with E-state index in [2.05, 4.69) is 20.1 Å². The Morgan fingerprint density at radius 2 is 1.72 bits per heavy atom. The van der Waals surface area contributed by atoms with E-state index in [0.29, 0.717) is 18.4 Å². The average molecular weight is 519 g/mol. The van der Waals surface area contributed by atoms with Crippen LogP contribution in [-0.2, 0) is 16.0 Å². The molecule has 2 rings (SSSR count). The van der Waals surface area contributed by atoms with Crippen LogP contribution in [0.1, 0.15) is 48.2 Å². The second-order valence-electron chi connectivity index (χ2n) is 7.55. The maximum Gasteiger partial charge on any atom is 0.504 e. The van der Waals surface area contributed by atoms with Crippen molar-refractivity contribution in [3.05, 3.63) is 68.0 Å². The number of alkyl halides is 3. The first-order valence-corrected chi connectivity index (χ1v) is 10.7. The molecule has 0 aliphatic heterocycles. The highest BCUT2D eigenvalue weighted by Gasteiger charge is 2.32. The van der Waals surface area contributed by atoms with E-state index in [1.165, 1.54) is 12.1 Å². The number of benzene rings is 1. The van der Waals surface area contributed by atoms with Crippen LogP contribution in [0.25, 0.3) is 0 Å². The highest BCUT2D eigenvalue weighted by Crippen LogP contribution is 2.29. The summed E-state index contributed by atoms with van der Waals surface area (Å²) in [6, 6.07) is 6.25. The monoisotopic (exact) mass is 519 g/mol. The number of hydrogen-bond acceptors (Lipinski definition) is 9. The van der Waals surface area contributed by atoms with Crippen LogP contribution in [0, 0.1) is 26.1 Å². The number of ether oxygens (including phenoxy) is 1. The standard InChI is InChI=1S/C20H24F3N5O8/c1-2-3-18(36-17-10-25-26(11-17)20(21,22)23)15-4-6-16(7-5-15)19(29)24-9-8-14(12-34-27(30)31)13-35-28(32)33/h4-7,10-11,14,18H,2-3,8-9,12-13H2,1H3,(H,24,29). The second kappa shape index (κ2) is 13.1. The lowest BCUT2D eigenvalue weighted by atomic mass is 10.0. The number of rotatable bonds is 15. The number of carbonyl (C=O) groups excluding carboxylic acids is 1. The Hall–Kier alpha value is -4.11. The first-order valence-electron chi connectivity index (χ1n) is 10.7. The van der Waals surface area contributed by atoms with Crippen molar-refractivity contribution in [2.24, 2.45) is 5.92 Å². The molecular weight excluding hydrogens is 495 g/mol. The summed E-state index contributed by atoms with van der Waals surface area (Å²) in [5.74, 6) is -1.23. The first kappa shape index (κ1) is 28.1. The van der Waals surface area contributed by atoms with Crippen LogP contribution in [0.3, 0.4) is 0 Å². The third kappa shape index (κ3) is 9.27. The maximum atomic E-state index is 12.7. The zero-order valence-electron chi connectivity index (χ0n) is 19.1. The Bertz CT molecular complexity index is 998. The van der Waals surface area contributed by atoms with Gasteiger partial charge in [-0.2, -0.15) is 9.78 Å². The van der Waals surface area contributed by atoms with Gasteiger partial charge in [0.05, 0.1) is 12.4 Å². The third-order valence-corrected chi connectivity index (χ3v) is 4.86. The number of amides is 1. The lowest BCUT2D eigenvalue weighted by Gasteiger charge is -2.18. The molecule has 1 atom stereocenters. The van der Waals surface area contributed by atoms with Crippen LogP contribution in [-0.4, -0.2) is 45.6 Å². The van der Waals surface area contributed by atoms with Crippen molar-refractivity contribution in [2.45, 2.75) is 38.6 Å². The van der Waals surface area contributed by atoms with Crippen molar-refractivity contribution >= 4 is 5.91 Å². The van der Waals surface area contributed by atoms with E-state index >= 15 is 0 Å². The Morgan fingerprint density at radius 3 is 2.22 bits per heavy atom. The molecule has 0 saturated carbocycles. The first-order chi connectivity index (χ1) is 17.0. The van der Waals surface area contributed by atoms with Gasteiger partial charge in [0.25, 0.3) is 16.1 Å². The normalized spacial score (nSPS) is 12.1. The van der Waals surface area contributed by atoms with Gasteiger partial charge < -0.3 is 19.7 Å². The fourth-order valence-electron chi connectivity index (χ4n) is 3.11. The van der Waals surface area contributed by atoms with Gasteiger partial charge in [-0.05, 0) is 30.5 Å². The molecule has 1 aromatic heterocycles. The number of carbonyl (C=O) groups is 1. The van der Waals surface area contributed by atoms with Gasteiger partial charge in [0.2, 0.25) is 0 Å². The Labute approximate surface area is 202 Å². The van der Waals surface area contributed by atoms with Crippen LogP contribution in [0.5, 0.6) is 5.75 Å². The largest absolute Gasteiger partial charge is 0.504 e. The van der Waals surface area contributed by atoms with Crippen LogP contribution in [0.4, 0.5) is 13.2 Å². The molecule has 16 heteroatoms. The molecule has 1 unspecified atom stereocenters. The molecule has 0 aliphatic carbocycles. The van der Waals surface area contributed by atoms with E-state index in [-0.39, 0.29) is 29.0 Å². The molecular formula is C20H24F3N5O8. The molecule has 0 fully saturated rings. The lowest BCUT2D eigenvalue weighted by molar-refractivity contribution is -0.768. The fraction of sp³-hybridized carbons (Fsp3) is 0.500. The molecule has 0 radical (unpaired) electrons. The van der Waals surface area contributed by atoms with E-state index in [0.717, 1.165) is 12.4 Å². The summed E-state index contributed by atoms with van der Waals surface area (Å²) in [7, 11) is 0. The van der Waals surface area contributed by atoms with Gasteiger partial charge in [0.1, 0.15) is 19.3 Å². The van der Waals surface area contributed by atoms with E-state index in [1.807, 2.05) is 6.92 Å². The highest BCUT2D eigenvalue weighted by atomic mass is 19.4. The van der Waals surface area contributed by atoms with E-state index in [1.54, 1.807) is 12.1 Å². The lowest BCUT2D eigenvalue weighted by Crippen LogP contribution is -2.29. The van der Waals surface area contributed by atoms with Gasteiger partial charge in [0.15, 0.2) is 5.75 Å². The molecule has 1 N–H and O–H groups in total. The van der Waals surface area contributed by atoms with E-state index < -0.39 is 47.6 Å². The smallest absolute Gasteiger partial charge is 0.482 e. The number of hydrogen-bond donors (Lipinski definition) is 1. The average Bonchev–Trinajstić information content (AvgIpc) is 3.29. The molecule has 1 heterocycles. The quantitative estimate of drug-likeness (QED) is 0.274. The minimum Gasteiger partial charge on any atom is -0.482 e. The van der Waals surface area contributed by atoms with Crippen LogP contribution >= 0.6 is 0 Å². The van der Waals surface area contributed by atoms with Gasteiger partial charge in [-0.25, -0.2) is 0 Å². The highest BCUT2D eigenvalue weighted by molar-refractivity contribution is 5.94. The summed E-state index contributed by atoms with van der Waals surface area (Å²) in [5.41, 5.74) is 0.917. The maximum absolute atomic E-state index is 12.7. The van der Waals surface area contributed by atoms with Crippen LogP contribution < -0.4 is 10.1 Å². The van der Waals surface area contributed by atoms with Crippen molar-refractivity contribution in [3.63, 3.8) is 0 Å². The molecule has 0 saturated heterocycles.